The van der Waals surface area contributed by atoms with Crippen molar-refractivity contribution in [1.29, 1.82) is 0 Å². The molecule has 0 aliphatic rings. The lowest BCUT2D eigenvalue weighted by Crippen LogP contribution is -2.00. The predicted molar refractivity (Wildman–Crippen MR) is 86.4 cm³/mol. The smallest absolute Gasteiger partial charge is 0.137 e. The van der Waals surface area contributed by atoms with Crippen molar-refractivity contribution >= 4 is 40.5 Å². The number of halogens is 3. The van der Waals surface area contributed by atoms with E-state index in [4.69, 9.17) is 39.5 Å². The van der Waals surface area contributed by atoms with Crippen LogP contribution in [0.3, 0.4) is 0 Å². The van der Waals surface area contributed by atoms with Crippen LogP contribution in [0.5, 0.6) is 5.75 Å². The summed E-state index contributed by atoms with van der Waals surface area (Å²) in [7, 11) is 0. The van der Waals surface area contributed by atoms with Crippen molar-refractivity contribution in [2.45, 2.75) is 13.5 Å². The molecular weight excluding hydrogens is 317 g/mol. The van der Waals surface area contributed by atoms with Gasteiger partial charge in [-0.15, -0.1) is 0 Å². The molecule has 0 saturated carbocycles. The first-order valence-electron chi connectivity index (χ1n) is 6.19. The van der Waals surface area contributed by atoms with Gasteiger partial charge in [0.15, 0.2) is 0 Å². The number of hydrogen-bond acceptors (Lipinski definition) is 2. The van der Waals surface area contributed by atoms with Gasteiger partial charge in [0.25, 0.3) is 0 Å². The van der Waals surface area contributed by atoms with Crippen molar-refractivity contribution in [1.82, 2.24) is 0 Å². The third kappa shape index (κ3) is 4.20. The van der Waals surface area contributed by atoms with Crippen molar-refractivity contribution in [3.8, 4) is 5.75 Å². The maximum atomic E-state index is 6.15. The highest BCUT2D eigenvalue weighted by Crippen LogP contribution is 2.27. The molecule has 106 valence electrons. The van der Waals surface area contributed by atoms with Crippen LogP contribution in [-0.2, 0) is 6.54 Å². The molecule has 0 radical (unpaired) electrons. The second-order valence-corrected chi connectivity index (χ2v) is 5.49. The minimum absolute atomic E-state index is 0.596. The Morgan fingerprint density at radius 3 is 2.30 bits per heavy atom. The van der Waals surface area contributed by atoms with Crippen molar-refractivity contribution in [3.63, 3.8) is 0 Å². The molecule has 0 unspecified atom stereocenters. The predicted octanol–water partition coefficient (Wildman–Crippen LogP) is 5.66. The summed E-state index contributed by atoms with van der Waals surface area (Å²) in [5, 5.41) is 5.06. The fraction of sp³-hybridized carbons (Fsp3) is 0.200. The summed E-state index contributed by atoms with van der Waals surface area (Å²) in [5.41, 5.74) is 1.92. The Balaban J connectivity index is 2.05. The van der Waals surface area contributed by atoms with Gasteiger partial charge < -0.3 is 10.1 Å². The van der Waals surface area contributed by atoms with Crippen LogP contribution >= 0.6 is 34.8 Å². The summed E-state index contributed by atoms with van der Waals surface area (Å²) in [4.78, 5) is 0. The zero-order valence-corrected chi connectivity index (χ0v) is 13.2. The third-order valence-electron chi connectivity index (χ3n) is 2.66. The highest BCUT2D eigenvalue weighted by molar-refractivity contribution is 6.35. The zero-order valence-electron chi connectivity index (χ0n) is 10.9. The van der Waals surface area contributed by atoms with Gasteiger partial charge in [-0.3, -0.25) is 0 Å². The SMILES string of the molecule is CCOc1ccc(CNc2cc(Cl)cc(Cl)c2)cc1Cl. The van der Waals surface area contributed by atoms with E-state index in [1.165, 1.54) is 0 Å². The van der Waals surface area contributed by atoms with Crippen LogP contribution in [0.25, 0.3) is 0 Å². The second-order valence-electron chi connectivity index (χ2n) is 4.21. The lowest BCUT2D eigenvalue weighted by molar-refractivity contribution is 0.340. The molecule has 0 aromatic heterocycles. The van der Waals surface area contributed by atoms with Gasteiger partial charge in [-0.25, -0.2) is 0 Å². The summed E-state index contributed by atoms with van der Waals surface area (Å²) in [6.07, 6.45) is 0. The largest absolute Gasteiger partial charge is 0.492 e. The second kappa shape index (κ2) is 7.07. The fourth-order valence-electron chi connectivity index (χ4n) is 1.79. The summed E-state index contributed by atoms with van der Waals surface area (Å²) in [5.74, 6) is 0.698. The summed E-state index contributed by atoms with van der Waals surface area (Å²) >= 11 is 18.0. The van der Waals surface area contributed by atoms with Crippen LogP contribution in [0.15, 0.2) is 36.4 Å². The van der Waals surface area contributed by atoms with E-state index in [9.17, 15) is 0 Å². The van der Waals surface area contributed by atoms with E-state index in [0.29, 0.717) is 34.0 Å². The van der Waals surface area contributed by atoms with Gasteiger partial charge in [-0.05, 0) is 42.8 Å². The number of ether oxygens (including phenoxy) is 1. The molecule has 1 N–H and O–H groups in total. The van der Waals surface area contributed by atoms with Crippen molar-refractivity contribution in [2.24, 2.45) is 0 Å². The van der Waals surface area contributed by atoms with Crippen molar-refractivity contribution in [2.75, 3.05) is 11.9 Å². The highest BCUT2D eigenvalue weighted by Gasteiger charge is 2.03. The molecule has 20 heavy (non-hydrogen) atoms. The normalized spacial score (nSPS) is 10.4. The number of hydrogen-bond donors (Lipinski definition) is 1. The molecule has 0 saturated heterocycles. The van der Waals surface area contributed by atoms with E-state index in [1.54, 1.807) is 6.07 Å². The Labute approximate surface area is 133 Å². The summed E-state index contributed by atoms with van der Waals surface area (Å²) < 4.78 is 5.40. The van der Waals surface area contributed by atoms with Crippen LogP contribution < -0.4 is 10.1 Å². The number of anilines is 1. The van der Waals surface area contributed by atoms with Gasteiger partial charge in [0.05, 0.1) is 11.6 Å². The standard InChI is InChI=1S/C15H14Cl3NO/c1-2-20-15-4-3-10(5-14(15)18)9-19-13-7-11(16)6-12(17)8-13/h3-8,19H,2,9H2,1H3. The first kappa shape index (κ1) is 15.3. The van der Waals surface area contributed by atoms with E-state index in [-0.39, 0.29) is 0 Å². The molecule has 0 atom stereocenters. The molecular formula is C15H14Cl3NO. The van der Waals surface area contributed by atoms with Crippen LogP contribution in [0.4, 0.5) is 5.69 Å². The Hall–Kier alpha value is -1.09. The molecule has 0 aliphatic carbocycles. The quantitative estimate of drug-likeness (QED) is 0.764. The number of benzene rings is 2. The van der Waals surface area contributed by atoms with Gasteiger partial charge in [-0.1, -0.05) is 40.9 Å². The molecule has 5 heteroatoms. The molecule has 2 aromatic carbocycles. The van der Waals surface area contributed by atoms with Crippen LogP contribution in [0.1, 0.15) is 12.5 Å². The monoisotopic (exact) mass is 329 g/mol. The summed E-state index contributed by atoms with van der Waals surface area (Å²) in [6, 6.07) is 11.1. The Kier molecular flexibility index (Phi) is 5.41. The molecule has 0 spiro atoms. The Bertz CT molecular complexity index is 581. The molecule has 0 amide bonds. The maximum absolute atomic E-state index is 6.15. The molecule has 2 aromatic rings. The fourth-order valence-corrected chi connectivity index (χ4v) is 2.57. The van der Waals surface area contributed by atoms with E-state index < -0.39 is 0 Å². The zero-order chi connectivity index (χ0) is 14.5. The van der Waals surface area contributed by atoms with E-state index in [0.717, 1.165) is 11.3 Å². The minimum atomic E-state index is 0.596. The first-order chi connectivity index (χ1) is 9.58. The third-order valence-corrected chi connectivity index (χ3v) is 3.39. The lowest BCUT2D eigenvalue weighted by Gasteiger charge is -2.10. The molecule has 2 rings (SSSR count). The molecule has 0 heterocycles. The molecule has 0 fully saturated rings. The maximum Gasteiger partial charge on any atom is 0.137 e. The van der Waals surface area contributed by atoms with Crippen molar-refractivity contribution < 1.29 is 4.74 Å². The van der Waals surface area contributed by atoms with Crippen LogP contribution in [-0.4, -0.2) is 6.61 Å². The molecule has 2 nitrogen and oxygen atoms in total. The molecule has 0 bridgehead atoms. The van der Waals surface area contributed by atoms with Gasteiger partial charge in [-0.2, -0.15) is 0 Å². The van der Waals surface area contributed by atoms with Gasteiger partial charge in [0.2, 0.25) is 0 Å². The van der Waals surface area contributed by atoms with E-state index in [1.807, 2.05) is 37.3 Å². The van der Waals surface area contributed by atoms with E-state index >= 15 is 0 Å². The van der Waals surface area contributed by atoms with Gasteiger partial charge >= 0.3 is 0 Å². The lowest BCUT2D eigenvalue weighted by atomic mass is 10.2. The number of rotatable bonds is 5. The highest BCUT2D eigenvalue weighted by atomic mass is 35.5. The topological polar surface area (TPSA) is 21.3 Å². The van der Waals surface area contributed by atoms with Crippen LogP contribution in [0.2, 0.25) is 15.1 Å². The first-order valence-corrected chi connectivity index (χ1v) is 7.33. The Morgan fingerprint density at radius 2 is 1.70 bits per heavy atom. The molecule has 0 aliphatic heterocycles. The van der Waals surface area contributed by atoms with Gasteiger partial charge in [0, 0.05) is 22.3 Å². The Morgan fingerprint density at radius 1 is 1.00 bits per heavy atom. The average Bonchev–Trinajstić information content (AvgIpc) is 2.38. The number of nitrogens with one attached hydrogen (secondary N) is 1. The minimum Gasteiger partial charge on any atom is -0.492 e. The van der Waals surface area contributed by atoms with Crippen molar-refractivity contribution in [3.05, 3.63) is 57.0 Å². The van der Waals surface area contributed by atoms with E-state index in [2.05, 4.69) is 5.32 Å². The van der Waals surface area contributed by atoms with Crippen LogP contribution in [0, 0.1) is 0 Å². The average molecular weight is 331 g/mol. The summed E-state index contributed by atoms with van der Waals surface area (Å²) in [6.45, 7) is 3.15. The van der Waals surface area contributed by atoms with Gasteiger partial charge in [0.1, 0.15) is 5.75 Å².